The van der Waals surface area contributed by atoms with Gasteiger partial charge < -0.3 is 11.1 Å². The predicted octanol–water partition coefficient (Wildman–Crippen LogP) is 0.184. The van der Waals surface area contributed by atoms with E-state index < -0.39 is 16.2 Å². The van der Waals surface area contributed by atoms with Gasteiger partial charge in [-0.05, 0) is 13.3 Å². The van der Waals surface area contributed by atoms with E-state index in [4.69, 9.17) is 18.0 Å². The van der Waals surface area contributed by atoms with Gasteiger partial charge in [-0.3, -0.25) is 9.00 Å². The minimum Gasteiger partial charge on any atom is -0.392 e. The molecular formula is C9H18N2O2S2. The largest absolute Gasteiger partial charge is 0.392 e. The number of carbonyl (C=O) groups is 1. The summed E-state index contributed by atoms with van der Waals surface area (Å²) in [5, 5.41) is 2.69. The first-order chi connectivity index (χ1) is 6.84. The molecule has 2 unspecified atom stereocenters. The van der Waals surface area contributed by atoms with Gasteiger partial charge >= 0.3 is 0 Å². The van der Waals surface area contributed by atoms with Crippen molar-refractivity contribution in [3.63, 3.8) is 0 Å². The van der Waals surface area contributed by atoms with E-state index in [1.165, 1.54) is 0 Å². The van der Waals surface area contributed by atoms with Crippen LogP contribution in [0.4, 0.5) is 0 Å². The molecule has 0 fully saturated rings. The first-order valence-corrected chi connectivity index (χ1v) is 6.86. The molecule has 0 aliphatic carbocycles. The lowest BCUT2D eigenvalue weighted by atomic mass is 9.86. The van der Waals surface area contributed by atoms with E-state index in [-0.39, 0.29) is 10.9 Å². The zero-order valence-electron chi connectivity index (χ0n) is 9.33. The molecule has 0 aromatic rings. The van der Waals surface area contributed by atoms with E-state index >= 15 is 0 Å². The Bertz CT molecular complexity index is 281. The van der Waals surface area contributed by atoms with Gasteiger partial charge in [-0.2, -0.15) is 0 Å². The Labute approximate surface area is 98.4 Å². The fraction of sp³-hybridized carbons (Fsp3) is 0.778. The SMILES string of the molecule is CCC(C)(C(=O)NCCS(C)=O)C(N)=S. The van der Waals surface area contributed by atoms with Gasteiger partial charge in [0.05, 0.1) is 10.4 Å². The maximum atomic E-state index is 11.7. The molecular weight excluding hydrogens is 232 g/mol. The fourth-order valence-electron chi connectivity index (χ4n) is 0.950. The van der Waals surface area contributed by atoms with Crippen molar-refractivity contribution < 1.29 is 9.00 Å². The van der Waals surface area contributed by atoms with Crippen LogP contribution in [0.25, 0.3) is 0 Å². The smallest absolute Gasteiger partial charge is 0.232 e. The molecule has 0 saturated heterocycles. The molecule has 0 heterocycles. The zero-order chi connectivity index (χ0) is 12.1. The minimum absolute atomic E-state index is 0.192. The summed E-state index contributed by atoms with van der Waals surface area (Å²) >= 11 is 4.86. The molecule has 0 aromatic carbocycles. The van der Waals surface area contributed by atoms with E-state index in [1.54, 1.807) is 13.2 Å². The van der Waals surface area contributed by atoms with Gasteiger partial charge in [-0.25, -0.2) is 0 Å². The lowest BCUT2D eigenvalue weighted by Crippen LogP contribution is -2.47. The zero-order valence-corrected chi connectivity index (χ0v) is 11.0. The van der Waals surface area contributed by atoms with Crippen LogP contribution >= 0.6 is 12.2 Å². The highest BCUT2D eigenvalue weighted by atomic mass is 32.2. The van der Waals surface area contributed by atoms with Crippen molar-refractivity contribution >= 4 is 33.9 Å². The van der Waals surface area contributed by atoms with E-state index in [0.29, 0.717) is 18.7 Å². The summed E-state index contributed by atoms with van der Waals surface area (Å²) in [6.07, 6.45) is 2.15. The molecule has 2 atom stereocenters. The van der Waals surface area contributed by atoms with Crippen LogP contribution in [0.15, 0.2) is 0 Å². The van der Waals surface area contributed by atoms with Gasteiger partial charge in [0, 0.05) is 29.4 Å². The van der Waals surface area contributed by atoms with Crippen LogP contribution in [0.5, 0.6) is 0 Å². The topological polar surface area (TPSA) is 72.2 Å². The van der Waals surface area contributed by atoms with Crippen LogP contribution in [-0.4, -0.2) is 33.7 Å². The Kier molecular flexibility index (Phi) is 5.97. The molecule has 1 amide bonds. The lowest BCUT2D eigenvalue weighted by molar-refractivity contribution is -0.126. The summed E-state index contributed by atoms with van der Waals surface area (Å²) in [7, 11) is -0.900. The maximum absolute atomic E-state index is 11.7. The summed E-state index contributed by atoms with van der Waals surface area (Å²) in [5.41, 5.74) is 4.72. The summed E-state index contributed by atoms with van der Waals surface area (Å²) in [6.45, 7) is 3.96. The number of thiocarbonyl (C=S) groups is 1. The van der Waals surface area contributed by atoms with Crippen LogP contribution < -0.4 is 11.1 Å². The van der Waals surface area contributed by atoms with Gasteiger partial charge in [-0.15, -0.1) is 0 Å². The monoisotopic (exact) mass is 250 g/mol. The van der Waals surface area contributed by atoms with E-state index in [0.717, 1.165) is 0 Å². The average molecular weight is 250 g/mol. The van der Waals surface area contributed by atoms with Crippen molar-refractivity contribution in [2.45, 2.75) is 20.3 Å². The number of carbonyl (C=O) groups excluding carboxylic acids is 1. The number of nitrogens with two attached hydrogens (primary N) is 1. The van der Waals surface area contributed by atoms with E-state index in [2.05, 4.69) is 5.32 Å². The fourth-order valence-corrected chi connectivity index (χ4v) is 1.58. The lowest BCUT2D eigenvalue weighted by Gasteiger charge is -2.25. The Morgan fingerprint density at radius 2 is 2.13 bits per heavy atom. The molecule has 0 aromatic heterocycles. The third-order valence-corrected chi connectivity index (χ3v) is 3.66. The second kappa shape index (κ2) is 6.17. The summed E-state index contributed by atoms with van der Waals surface area (Å²) in [5.74, 6) is 0.256. The molecule has 0 spiro atoms. The first-order valence-electron chi connectivity index (χ1n) is 4.72. The Balaban J connectivity index is 4.29. The molecule has 15 heavy (non-hydrogen) atoms. The molecule has 4 nitrogen and oxygen atoms in total. The first kappa shape index (κ1) is 14.5. The van der Waals surface area contributed by atoms with Gasteiger partial charge in [0.1, 0.15) is 0 Å². The molecule has 3 N–H and O–H groups in total. The summed E-state index contributed by atoms with van der Waals surface area (Å²) < 4.78 is 10.8. The minimum atomic E-state index is -0.900. The highest BCUT2D eigenvalue weighted by Gasteiger charge is 2.34. The van der Waals surface area contributed by atoms with Crippen LogP contribution in [0.1, 0.15) is 20.3 Å². The standard InChI is InChI=1S/C9H18N2O2S2/c1-4-9(2,7(10)14)8(12)11-5-6-15(3)13/h4-6H2,1-3H3,(H2,10,14)(H,11,12). The van der Waals surface area contributed by atoms with Crippen molar-refractivity contribution in [3.8, 4) is 0 Å². The molecule has 0 bridgehead atoms. The van der Waals surface area contributed by atoms with Gasteiger partial charge in [0.25, 0.3) is 0 Å². The second-order valence-corrected chi connectivity index (χ2v) is 5.58. The molecule has 0 saturated carbocycles. The van der Waals surface area contributed by atoms with Crippen LogP contribution in [0.3, 0.4) is 0 Å². The summed E-state index contributed by atoms with van der Waals surface area (Å²) in [4.78, 5) is 11.9. The third kappa shape index (κ3) is 4.25. The van der Waals surface area contributed by atoms with Gasteiger partial charge in [0.15, 0.2) is 0 Å². The average Bonchev–Trinajstić information content (AvgIpc) is 2.15. The number of hydrogen-bond donors (Lipinski definition) is 2. The molecule has 0 aliphatic rings. The van der Waals surface area contributed by atoms with Crippen molar-refractivity contribution in [3.05, 3.63) is 0 Å². The number of nitrogens with one attached hydrogen (secondary N) is 1. The van der Waals surface area contributed by atoms with E-state index in [9.17, 15) is 9.00 Å². The van der Waals surface area contributed by atoms with Crippen LogP contribution in [0.2, 0.25) is 0 Å². The molecule has 0 radical (unpaired) electrons. The van der Waals surface area contributed by atoms with Crippen molar-refractivity contribution in [1.82, 2.24) is 5.32 Å². The maximum Gasteiger partial charge on any atom is 0.232 e. The van der Waals surface area contributed by atoms with Crippen LogP contribution in [0, 0.1) is 5.41 Å². The molecule has 0 rings (SSSR count). The highest BCUT2D eigenvalue weighted by molar-refractivity contribution is 7.84. The van der Waals surface area contributed by atoms with E-state index in [1.807, 2.05) is 6.92 Å². The quantitative estimate of drug-likeness (QED) is 0.660. The Morgan fingerprint density at radius 3 is 2.47 bits per heavy atom. The van der Waals surface area contributed by atoms with Crippen molar-refractivity contribution in [1.29, 1.82) is 0 Å². The predicted molar refractivity (Wildman–Crippen MR) is 67.1 cm³/mol. The highest BCUT2D eigenvalue weighted by Crippen LogP contribution is 2.21. The van der Waals surface area contributed by atoms with Gasteiger partial charge in [0.2, 0.25) is 5.91 Å². The van der Waals surface area contributed by atoms with Crippen molar-refractivity contribution in [2.75, 3.05) is 18.6 Å². The number of amides is 1. The number of rotatable bonds is 6. The third-order valence-electron chi connectivity index (χ3n) is 2.43. The Hall–Kier alpha value is -0.490. The molecule has 0 aliphatic heterocycles. The number of hydrogen-bond acceptors (Lipinski definition) is 3. The second-order valence-electron chi connectivity index (χ2n) is 3.58. The van der Waals surface area contributed by atoms with Crippen molar-refractivity contribution in [2.24, 2.45) is 11.1 Å². The normalized spacial score (nSPS) is 16.5. The summed E-state index contributed by atoms with van der Waals surface area (Å²) in [6, 6.07) is 0. The van der Waals surface area contributed by atoms with Gasteiger partial charge in [-0.1, -0.05) is 19.1 Å². The van der Waals surface area contributed by atoms with Crippen LogP contribution in [-0.2, 0) is 15.6 Å². The molecule has 6 heteroatoms. The molecule has 88 valence electrons. The Morgan fingerprint density at radius 1 is 1.60 bits per heavy atom.